The zero-order valence-corrected chi connectivity index (χ0v) is 14.4. The van der Waals surface area contributed by atoms with E-state index in [1.807, 2.05) is 20.9 Å². The molecule has 3 nitrogen and oxygen atoms in total. The highest BCUT2D eigenvalue weighted by Crippen LogP contribution is 2.25. The Morgan fingerprint density at radius 1 is 1.40 bits per heavy atom. The van der Waals surface area contributed by atoms with Crippen LogP contribution in [0.3, 0.4) is 0 Å². The van der Waals surface area contributed by atoms with Gasteiger partial charge in [0, 0.05) is 36.6 Å². The number of aromatic nitrogens is 1. The molecule has 1 unspecified atom stereocenters. The normalized spacial score (nSPS) is 12.6. The lowest BCUT2D eigenvalue weighted by Crippen LogP contribution is -2.32. The lowest BCUT2D eigenvalue weighted by atomic mass is 9.99. The molecule has 1 aromatic heterocycles. The van der Waals surface area contributed by atoms with Crippen molar-refractivity contribution in [3.8, 4) is 0 Å². The second kappa shape index (κ2) is 6.61. The largest absolute Gasteiger partial charge is 0.346 e. The molecule has 20 heavy (non-hydrogen) atoms. The monoisotopic (exact) mass is 384 g/mol. The third-order valence-electron chi connectivity index (χ3n) is 3.80. The van der Waals surface area contributed by atoms with Gasteiger partial charge in [-0.1, -0.05) is 47.7 Å². The highest BCUT2D eigenvalue weighted by molar-refractivity contribution is 14.1. The lowest BCUT2D eigenvalue weighted by Gasteiger charge is -2.19. The smallest absolute Gasteiger partial charge is 0.225 e. The van der Waals surface area contributed by atoms with Gasteiger partial charge < -0.3 is 9.47 Å². The van der Waals surface area contributed by atoms with Crippen molar-refractivity contribution < 1.29 is 4.79 Å². The van der Waals surface area contributed by atoms with Crippen LogP contribution >= 0.6 is 22.6 Å². The third-order valence-corrected chi connectivity index (χ3v) is 4.53. The minimum absolute atomic E-state index is 0.0217. The first-order valence-electron chi connectivity index (χ1n) is 6.96. The summed E-state index contributed by atoms with van der Waals surface area (Å²) < 4.78 is 3.17. The van der Waals surface area contributed by atoms with E-state index in [9.17, 15) is 4.79 Å². The summed E-state index contributed by atoms with van der Waals surface area (Å²) in [5.74, 6) is 0.243. The fourth-order valence-corrected chi connectivity index (χ4v) is 3.10. The molecule has 0 saturated heterocycles. The molecule has 0 saturated carbocycles. The number of para-hydroxylation sites is 1. The Morgan fingerprint density at radius 3 is 2.75 bits per heavy atom. The van der Waals surface area contributed by atoms with Crippen LogP contribution in [0.15, 0.2) is 30.5 Å². The number of hydrogen-bond acceptors (Lipinski definition) is 1. The summed E-state index contributed by atoms with van der Waals surface area (Å²) in [6.07, 6.45) is 2.99. The van der Waals surface area contributed by atoms with E-state index in [2.05, 4.69) is 57.6 Å². The van der Waals surface area contributed by atoms with Crippen LogP contribution in [0.5, 0.6) is 0 Å². The van der Waals surface area contributed by atoms with Crippen LogP contribution < -0.4 is 0 Å². The van der Waals surface area contributed by atoms with Gasteiger partial charge in [-0.2, -0.15) is 0 Å². The highest BCUT2D eigenvalue weighted by atomic mass is 127. The van der Waals surface area contributed by atoms with Gasteiger partial charge in [-0.15, -0.1) is 0 Å². The molecule has 0 radical (unpaired) electrons. The van der Waals surface area contributed by atoms with Gasteiger partial charge in [-0.05, 0) is 25.0 Å². The number of carbonyl (C=O) groups is 1. The van der Waals surface area contributed by atoms with Gasteiger partial charge in [0.1, 0.15) is 0 Å². The molecule has 108 valence electrons. The number of nitrogens with zero attached hydrogens (tertiary/aromatic N) is 2. The van der Waals surface area contributed by atoms with Gasteiger partial charge in [-0.25, -0.2) is 0 Å². The molecule has 0 N–H and O–H groups in total. The van der Waals surface area contributed by atoms with Crippen LogP contribution in [0.1, 0.15) is 19.4 Å². The van der Waals surface area contributed by atoms with Crippen molar-refractivity contribution in [1.82, 2.24) is 9.47 Å². The fraction of sp³-hybridized carbons (Fsp3) is 0.438. The molecule has 0 aliphatic heterocycles. The van der Waals surface area contributed by atoms with Crippen molar-refractivity contribution in [2.24, 2.45) is 5.92 Å². The number of hydrogen-bond donors (Lipinski definition) is 0. The first-order chi connectivity index (χ1) is 9.58. The van der Waals surface area contributed by atoms with Gasteiger partial charge >= 0.3 is 0 Å². The van der Waals surface area contributed by atoms with E-state index in [-0.39, 0.29) is 11.8 Å². The summed E-state index contributed by atoms with van der Waals surface area (Å²) in [7, 11) is 1.87. The summed E-state index contributed by atoms with van der Waals surface area (Å²) in [5.41, 5.74) is 2.52. The van der Waals surface area contributed by atoms with Crippen LogP contribution in [0, 0.1) is 5.92 Å². The Kier molecular flexibility index (Phi) is 5.07. The van der Waals surface area contributed by atoms with Gasteiger partial charge in [0.05, 0.1) is 4.55 Å². The molecule has 2 rings (SSSR count). The van der Waals surface area contributed by atoms with E-state index in [1.54, 1.807) is 4.90 Å². The minimum atomic E-state index is 0.0217. The lowest BCUT2D eigenvalue weighted by molar-refractivity contribution is -0.133. The Hall–Kier alpha value is -1.04. The van der Waals surface area contributed by atoms with E-state index < -0.39 is 0 Å². The molecule has 0 fully saturated rings. The number of carbonyl (C=O) groups excluding carboxylic acids is 1. The average Bonchev–Trinajstić information content (AvgIpc) is 2.83. The molecule has 1 heterocycles. The van der Waals surface area contributed by atoms with Crippen molar-refractivity contribution >= 4 is 39.4 Å². The molecule has 4 heteroatoms. The van der Waals surface area contributed by atoms with E-state index in [4.69, 9.17) is 0 Å². The second-order valence-corrected chi connectivity index (χ2v) is 5.90. The predicted octanol–water partition coefficient (Wildman–Crippen LogP) is 3.69. The molecule has 2 aromatic rings. The van der Waals surface area contributed by atoms with Crippen molar-refractivity contribution in [3.63, 3.8) is 0 Å². The molecule has 0 bridgehead atoms. The Labute approximate surface area is 134 Å². The van der Waals surface area contributed by atoms with E-state index in [0.29, 0.717) is 0 Å². The molecule has 0 aliphatic rings. The maximum atomic E-state index is 12.2. The Morgan fingerprint density at radius 2 is 2.10 bits per heavy atom. The molecule has 1 aromatic carbocycles. The van der Waals surface area contributed by atoms with Crippen LogP contribution in [-0.2, 0) is 15.8 Å². The van der Waals surface area contributed by atoms with Crippen molar-refractivity contribution in [1.29, 1.82) is 0 Å². The van der Waals surface area contributed by atoms with E-state index in [0.717, 1.165) is 17.5 Å². The number of rotatable bonds is 5. The van der Waals surface area contributed by atoms with Crippen LogP contribution in [0.25, 0.3) is 10.9 Å². The number of halogens is 1. The third kappa shape index (κ3) is 3.00. The van der Waals surface area contributed by atoms with Crippen molar-refractivity contribution in [3.05, 3.63) is 36.0 Å². The molecule has 0 aliphatic carbocycles. The highest BCUT2D eigenvalue weighted by Gasteiger charge is 2.19. The summed E-state index contributed by atoms with van der Waals surface area (Å²) in [5, 5.41) is 1.27. The number of fused-ring (bicyclic) bond motifs is 1. The summed E-state index contributed by atoms with van der Waals surface area (Å²) >= 11 is 2.37. The number of benzene rings is 1. The van der Waals surface area contributed by atoms with E-state index in [1.165, 1.54) is 16.5 Å². The quantitative estimate of drug-likeness (QED) is 0.570. The number of alkyl halides is 1. The predicted molar refractivity (Wildman–Crippen MR) is 92.1 cm³/mol. The maximum Gasteiger partial charge on any atom is 0.225 e. The molecule has 0 spiro atoms. The summed E-state index contributed by atoms with van der Waals surface area (Å²) in [4.78, 5) is 14.0. The van der Waals surface area contributed by atoms with Crippen molar-refractivity contribution in [2.75, 3.05) is 13.6 Å². The second-order valence-electron chi connectivity index (χ2n) is 5.22. The zero-order chi connectivity index (χ0) is 14.7. The van der Waals surface area contributed by atoms with Crippen LogP contribution in [0.2, 0.25) is 0 Å². The Balaban J connectivity index is 2.28. The topological polar surface area (TPSA) is 25.2 Å². The van der Waals surface area contributed by atoms with Gasteiger partial charge in [-0.3, -0.25) is 4.79 Å². The standard InChI is InChI=1S/C16H21IN2O/c1-4-18(3)16(20)12(2)9-13-10-19(11-17)15-8-6-5-7-14(13)15/h5-8,10,12H,4,9,11H2,1-3H3. The first-order valence-corrected chi connectivity index (χ1v) is 8.48. The molecule has 1 atom stereocenters. The minimum Gasteiger partial charge on any atom is -0.346 e. The average molecular weight is 384 g/mol. The van der Waals surface area contributed by atoms with Gasteiger partial charge in [0.15, 0.2) is 0 Å². The first kappa shape index (κ1) is 15.4. The Bertz CT molecular complexity index is 606. The zero-order valence-electron chi connectivity index (χ0n) is 12.3. The van der Waals surface area contributed by atoms with Gasteiger partial charge in [0.2, 0.25) is 5.91 Å². The van der Waals surface area contributed by atoms with Crippen LogP contribution in [0.4, 0.5) is 0 Å². The number of amides is 1. The maximum absolute atomic E-state index is 12.2. The van der Waals surface area contributed by atoms with E-state index >= 15 is 0 Å². The molecule has 1 amide bonds. The van der Waals surface area contributed by atoms with Crippen LogP contribution in [-0.4, -0.2) is 29.0 Å². The SMILES string of the molecule is CCN(C)C(=O)C(C)Cc1cn(CI)c2ccccc12. The van der Waals surface area contributed by atoms with Gasteiger partial charge in [0.25, 0.3) is 0 Å². The summed E-state index contributed by atoms with van der Waals surface area (Å²) in [6, 6.07) is 8.42. The molecular weight excluding hydrogens is 363 g/mol. The molecular formula is C16H21IN2O. The van der Waals surface area contributed by atoms with Crippen molar-refractivity contribution in [2.45, 2.75) is 24.8 Å². The fourth-order valence-electron chi connectivity index (χ4n) is 2.53. The summed E-state index contributed by atoms with van der Waals surface area (Å²) in [6.45, 7) is 4.79.